The Morgan fingerprint density at radius 2 is 2.00 bits per heavy atom. The first kappa shape index (κ1) is 10.6. The zero-order chi connectivity index (χ0) is 6.12. The molecule has 0 aliphatic heterocycles. The average Bonchev–Trinajstić information content (AvgIpc) is 1.75. The van der Waals surface area contributed by atoms with Crippen molar-refractivity contribution in [2.45, 2.75) is 12.8 Å². The van der Waals surface area contributed by atoms with Crippen molar-refractivity contribution < 1.29 is 21.8 Å². The van der Waals surface area contributed by atoms with Crippen LogP contribution in [0.1, 0.15) is 12.8 Å². The molecule has 1 nitrogen and oxygen atoms in total. The van der Waals surface area contributed by atoms with Crippen LogP contribution in [0.3, 0.4) is 0 Å². The van der Waals surface area contributed by atoms with Crippen LogP contribution < -0.4 is 0 Å². The van der Waals surface area contributed by atoms with E-state index in [4.69, 9.17) is 15.2 Å². The van der Waals surface area contributed by atoms with Crippen molar-refractivity contribution in [1.82, 2.24) is 0 Å². The molecule has 0 radical (unpaired) electrons. The van der Waals surface area contributed by atoms with E-state index in [2.05, 4.69) is 6.92 Å². The van der Waals surface area contributed by atoms with Crippen LogP contribution in [0.5, 0.6) is 0 Å². The Kier molecular flexibility index (Phi) is 24.2. The molecule has 0 amide bonds. The minimum absolute atomic E-state index is 0.125. The van der Waals surface area contributed by atoms with Crippen LogP contribution >= 0.6 is 11.6 Å². The molecule has 40 valence electrons. The third-order valence-electron chi connectivity index (χ3n) is 0.384. The fourth-order valence-corrected chi connectivity index (χ4v) is 0.283. The molecule has 0 rings (SSSR count). The topological polar surface area (TPSA) is 17.1 Å². The van der Waals surface area contributed by atoms with Crippen LogP contribution in [-0.2, 0) is 21.8 Å². The van der Waals surface area contributed by atoms with Crippen molar-refractivity contribution >= 4 is 11.6 Å². The summed E-state index contributed by atoms with van der Waals surface area (Å²) < 4.78 is 8.38. The fraction of sp³-hybridized carbons (Fsp3) is 0.750. The van der Waals surface area contributed by atoms with Crippen molar-refractivity contribution in [3.8, 4) is 0 Å². The first-order chi connectivity index (χ1) is 3.41. The van der Waals surface area contributed by atoms with E-state index in [9.17, 15) is 0 Å². The quantitative estimate of drug-likeness (QED) is 0.353. The normalized spacial score (nSPS) is 6.86. The molecule has 0 bridgehead atoms. The van der Waals surface area contributed by atoms with E-state index in [1.165, 1.54) is 0 Å². The monoisotopic (exact) mass is 171 g/mol. The molecular weight excluding hydrogens is 165 g/mol. The summed E-state index contributed by atoms with van der Waals surface area (Å²) in [6, 6.07) is 0. The molecule has 0 heterocycles. The van der Waals surface area contributed by atoms with Gasteiger partial charge in [-0.1, -0.05) is 6.42 Å². The van der Waals surface area contributed by atoms with E-state index >= 15 is 0 Å². The van der Waals surface area contributed by atoms with Crippen LogP contribution in [0.15, 0.2) is 0 Å². The third kappa shape index (κ3) is 20.3. The zero-order valence-electron chi connectivity index (χ0n) is 4.32. The van der Waals surface area contributed by atoms with Crippen LogP contribution in [-0.4, -0.2) is 5.88 Å². The number of unbranched alkanes of at least 4 members (excludes halogenated alkanes) is 1. The van der Waals surface area contributed by atoms with Crippen LogP contribution in [0.25, 0.3) is 0 Å². The third-order valence-corrected chi connectivity index (χ3v) is 0.651. The van der Waals surface area contributed by atoms with E-state index in [1.54, 1.807) is 0 Å². The van der Waals surface area contributed by atoms with Gasteiger partial charge in [-0.2, -0.15) is 6.42 Å². The summed E-state index contributed by atoms with van der Waals surface area (Å²) in [5.41, 5.74) is 0. The van der Waals surface area contributed by atoms with Gasteiger partial charge in [-0.3, -0.25) is 0 Å². The standard InChI is InChI=1S/C4H8Cl.O.Zn/c1-2-3-4-5;;/h1-4H2;;/q-1;;. The number of halogens is 1. The Hall–Kier alpha value is 0.713. The van der Waals surface area contributed by atoms with Crippen LogP contribution in [0.4, 0.5) is 0 Å². The summed E-state index contributed by atoms with van der Waals surface area (Å²) in [5, 5.41) is 0. The Labute approximate surface area is 59.4 Å². The predicted octanol–water partition coefficient (Wildman–Crippen LogP) is 1.72. The molecule has 0 N–H and O–H groups in total. The Morgan fingerprint density at radius 1 is 1.57 bits per heavy atom. The van der Waals surface area contributed by atoms with Gasteiger partial charge in [0.2, 0.25) is 0 Å². The van der Waals surface area contributed by atoms with E-state index < -0.39 is 0 Å². The first-order valence-electron chi connectivity index (χ1n) is 2.06. The van der Waals surface area contributed by atoms with Gasteiger partial charge in [0.25, 0.3) is 0 Å². The summed E-state index contributed by atoms with van der Waals surface area (Å²) in [5.74, 6) is 0.753. The Bertz CT molecular complexity index is 25.7. The van der Waals surface area contributed by atoms with Crippen molar-refractivity contribution in [2.75, 3.05) is 5.88 Å². The second-order valence-corrected chi connectivity index (χ2v) is 1.27. The number of rotatable bonds is 2. The van der Waals surface area contributed by atoms with E-state index in [0.717, 1.165) is 18.7 Å². The number of hydrogen-bond acceptors (Lipinski definition) is 1. The second-order valence-electron chi connectivity index (χ2n) is 0.896. The molecule has 0 aromatic rings. The summed E-state index contributed by atoms with van der Waals surface area (Å²) in [4.78, 5) is 0. The van der Waals surface area contributed by atoms with Crippen LogP contribution in [0, 0.1) is 6.92 Å². The zero-order valence-corrected chi connectivity index (χ0v) is 8.04. The molecule has 3 heteroatoms. The van der Waals surface area contributed by atoms with Gasteiger partial charge >= 0.3 is 21.8 Å². The fourth-order valence-electron chi connectivity index (χ4n) is 0.0945. The van der Waals surface area contributed by atoms with Gasteiger partial charge in [0.1, 0.15) is 0 Å². The van der Waals surface area contributed by atoms with Gasteiger partial charge < -0.3 is 6.92 Å². The van der Waals surface area contributed by atoms with Crippen molar-refractivity contribution in [1.29, 1.82) is 0 Å². The van der Waals surface area contributed by atoms with Gasteiger partial charge in [0.15, 0.2) is 0 Å². The Morgan fingerprint density at radius 3 is 2.00 bits per heavy atom. The molecule has 0 saturated carbocycles. The van der Waals surface area contributed by atoms with E-state index in [0.29, 0.717) is 0 Å². The molecule has 0 aliphatic rings. The van der Waals surface area contributed by atoms with Gasteiger partial charge in [-0.15, -0.1) is 11.6 Å². The summed E-state index contributed by atoms with van der Waals surface area (Å²) in [6.45, 7) is 3.59. The molecule has 0 unspecified atom stereocenters. The number of hydrogen-bond donors (Lipinski definition) is 0. The molecule has 0 aromatic carbocycles. The second kappa shape index (κ2) is 15.9. The van der Waals surface area contributed by atoms with Gasteiger partial charge in [0.05, 0.1) is 0 Å². The molecule has 0 saturated heterocycles. The number of alkyl halides is 1. The summed E-state index contributed by atoms with van der Waals surface area (Å²) >= 11 is 5.39. The van der Waals surface area contributed by atoms with Crippen molar-refractivity contribution in [2.24, 2.45) is 0 Å². The van der Waals surface area contributed by atoms with Gasteiger partial charge in [0, 0.05) is 5.88 Å². The molecule has 0 fully saturated rings. The van der Waals surface area contributed by atoms with E-state index in [1.807, 2.05) is 0 Å². The SMILES string of the molecule is [CH2-]CCCCl.[O]=[Zn]. The van der Waals surface area contributed by atoms with E-state index in [-0.39, 0.29) is 18.3 Å². The summed E-state index contributed by atoms with van der Waals surface area (Å²) in [6.07, 6.45) is 2.01. The molecular formula is C4H8ClOZn-. The molecule has 0 atom stereocenters. The van der Waals surface area contributed by atoms with Crippen molar-refractivity contribution in [3.05, 3.63) is 6.92 Å². The molecule has 0 aromatic heterocycles. The first-order valence-corrected chi connectivity index (χ1v) is 3.80. The summed E-state index contributed by atoms with van der Waals surface area (Å²) in [7, 11) is 0. The van der Waals surface area contributed by atoms with Gasteiger partial charge in [-0.25, -0.2) is 0 Å². The predicted molar refractivity (Wildman–Crippen MR) is 26.0 cm³/mol. The Balaban J connectivity index is 0. The maximum atomic E-state index is 8.38. The van der Waals surface area contributed by atoms with Crippen LogP contribution in [0.2, 0.25) is 0 Å². The molecule has 7 heavy (non-hydrogen) atoms. The minimum atomic E-state index is 0.125. The molecule has 0 aliphatic carbocycles. The van der Waals surface area contributed by atoms with Crippen molar-refractivity contribution in [3.63, 3.8) is 0 Å². The molecule has 0 spiro atoms. The van der Waals surface area contributed by atoms with Gasteiger partial charge in [-0.05, 0) is 0 Å². The maximum absolute atomic E-state index is 8.38. The average molecular weight is 173 g/mol.